The summed E-state index contributed by atoms with van der Waals surface area (Å²) >= 11 is 0. The fourth-order valence-corrected chi connectivity index (χ4v) is 2.92. The van der Waals surface area contributed by atoms with Crippen LogP contribution in [0.15, 0.2) is 12.1 Å². The first kappa shape index (κ1) is 16.2. The fraction of sp³-hybridized carbons (Fsp3) is 0.647. The first-order chi connectivity index (χ1) is 9.99. The molecule has 1 aromatic rings. The zero-order chi connectivity index (χ0) is 15.5. The van der Waals surface area contributed by atoms with Gasteiger partial charge in [0.15, 0.2) is 0 Å². The summed E-state index contributed by atoms with van der Waals surface area (Å²) in [5.74, 6) is -0.883. The quantitative estimate of drug-likeness (QED) is 0.880. The molecule has 21 heavy (non-hydrogen) atoms. The maximum Gasteiger partial charge on any atom is 0.149 e. The highest BCUT2D eigenvalue weighted by molar-refractivity contribution is 5.51. The predicted octanol–water partition coefficient (Wildman–Crippen LogP) is 4.09. The van der Waals surface area contributed by atoms with Gasteiger partial charge in [-0.25, -0.2) is 8.78 Å². The van der Waals surface area contributed by atoms with Gasteiger partial charge in [-0.15, -0.1) is 0 Å². The highest BCUT2D eigenvalue weighted by atomic mass is 19.1. The molecule has 0 unspecified atom stereocenters. The topological polar surface area (TPSA) is 15.3 Å². The number of piperidine rings is 1. The van der Waals surface area contributed by atoms with Crippen molar-refractivity contribution < 1.29 is 8.78 Å². The molecule has 2 nitrogen and oxygen atoms in total. The number of halogens is 2. The van der Waals surface area contributed by atoms with Gasteiger partial charge in [-0.05, 0) is 42.5 Å². The zero-order valence-corrected chi connectivity index (χ0v) is 13.3. The molecule has 1 saturated heterocycles. The lowest BCUT2D eigenvalue weighted by Crippen LogP contribution is -2.39. The lowest BCUT2D eigenvalue weighted by atomic mass is 9.78. The number of nitrogens with zero attached hydrogens (tertiary/aromatic N) is 1. The molecule has 0 radical (unpaired) electrons. The van der Waals surface area contributed by atoms with Crippen molar-refractivity contribution in [1.29, 1.82) is 0 Å². The average molecular weight is 296 g/mol. The van der Waals surface area contributed by atoms with E-state index in [9.17, 15) is 8.78 Å². The van der Waals surface area contributed by atoms with E-state index in [-0.39, 0.29) is 5.69 Å². The predicted molar refractivity (Wildman–Crippen MR) is 83.6 cm³/mol. The van der Waals surface area contributed by atoms with Gasteiger partial charge in [0.2, 0.25) is 0 Å². The summed E-state index contributed by atoms with van der Waals surface area (Å²) in [5.41, 5.74) is 1.12. The molecule has 1 N–H and O–H groups in total. The molecule has 4 heteroatoms. The summed E-state index contributed by atoms with van der Waals surface area (Å²) in [6, 6.07) is 2.91. The summed E-state index contributed by atoms with van der Waals surface area (Å²) in [4.78, 5) is 1.86. The molecule has 0 amide bonds. The minimum atomic E-state index is -0.442. The molecule has 0 aliphatic carbocycles. The third-order valence-corrected chi connectivity index (χ3v) is 4.80. The average Bonchev–Trinajstić information content (AvgIpc) is 2.46. The zero-order valence-electron chi connectivity index (χ0n) is 13.3. The van der Waals surface area contributed by atoms with Crippen molar-refractivity contribution in [3.05, 3.63) is 29.3 Å². The summed E-state index contributed by atoms with van der Waals surface area (Å²) < 4.78 is 28.6. The molecule has 1 aliphatic heterocycles. The summed E-state index contributed by atoms with van der Waals surface area (Å²) in [7, 11) is 0. The van der Waals surface area contributed by atoms with Crippen LogP contribution in [0.4, 0.5) is 14.5 Å². The molecule has 0 spiro atoms. The minimum Gasteiger partial charge on any atom is -0.367 e. The Hall–Kier alpha value is -1.16. The number of benzene rings is 1. The van der Waals surface area contributed by atoms with Gasteiger partial charge < -0.3 is 10.2 Å². The molecule has 0 aromatic heterocycles. The van der Waals surface area contributed by atoms with Gasteiger partial charge in [-0.1, -0.05) is 27.2 Å². The van der Waals surface area contributed by atoms with Crippen molar-refractivity contribution in [3.8, 4) is 0 Å². The number of anilines is 1. The van der Waals surface area contributed by atoms with Crippen LogP contribution in [0.2, 0.25) is 0 Å². The lowest BCUT2D eigenvalue weighted by molar-refractivity contribution is 0.237. The van der Waals surface area contributed by atoms with Crippen molar-refractivity contribution in [2.45, 2.75) is 46.6 Å². The Morgan fingerprint density at radius 2 is 1.71 bits per heavy atom. The Morgan fingerprint density at radius 1 is 1.14 bits per heavy atom. The van der Waals surface area contributed by atoms with Crippen LogP contribution in [0, 0.1) is 17.0 Å². The molecule has 1 heterocycles. The highest BCUT2D eigenvalue weighted by Gasteiger charge is 2.30. The molecule has 1 fully saturated rings. The summed E-state index contributed by atoms with van der Waals surface area (Å²) in [5, 5.41) is 3.09. The summed E-state index contributed by atoms with van der Waals surface area (Å²) in [6.45, 7) is 9.16. The maximum absolute atomic E-state index is 14.3. The molecule has 118 valence electrons. The lowest BCUT2D eigenvalue weighted by Gasteiger charge is -2.40. The van der Waals surface area contributed by atoms with Gasteiger partial charge >= 0.3 is 0 Å². The van der Waals surface area contributed by atoms with E-state index in [1.807, 2.05) is 11.8 Å². The minimum absolute atomic E-state index is 0.147. The Morgan fingerprint density at radius 3 is 2.19 bits per heavy atom. The molecule has 1 aliphatic rings. The molecule has 0 atom stereocenters. The first-order valence-corrected chi connectivity index (χ1v) is 7.92. The van der Waals surface area contributed by atoms with E-state index in [0.29, 0.717) is 17.5 Å². The number of hydrogen-bond donors (Lipinski definition) is 1. The number of rotatable bonds is 5. The van der Waals surface area contributed by atoms with Crippen LogP contribution in [-0.4, -0.2) is 19.6 Å². The van der Waals surface area contributed by atoms with E-state index in [1.165, 1.54) is 12.1 Å². The largest absolute Gasteiger partial charge is 0.367 e. The van der Waals surface area contributed by atoms with Crippen LogP contribution >= 0.6 is 0 Å². The Balaban J connectivity index is 2.14. The van der Waals surface area contributed by atoms with Crippen molar-refractivity contribution in [3.63, 3.8) is 0 Å². The Bertz CT molecular complexity index is 457. The SMILES string of the molecule is CCNCc1cc(F)c(N2CCC(C)(CC)CC2)c(F)c1. The van der Waals surface area contributed by atoms with Gasteiger partial charge in [0.05, 0.1) is 0 Å². The number of hydrogen-bond acceptors (Lipinski definition) is 2. The normalized spacial score (nSPS) is 18.0. The third-order valence-electron chi connectivity index (χ3n) is 4.80. The smallest absolute Gasteiger partial charge is 0.149 e. The van der Waals surface area contributed by atoms with E-state index in [4.69, 9.17) is 0 Å². The second-order valence-electron chi connectivity index (χ2n) is 6.34. The maximum atomic E-state index is 14.3. The Kier molecular flexibility index (Phi) is 5.20. The highest BCUT2D eigenvalue weighted by Crippen LogP contribution is 2.37. The Labute approximate surface area is 126 Å². The van der Waals surface area contributed by atoms with Gasteiger partial charge in [-0.3, -0.25) is 0 Å². The standard InChI is InChI=1S/C17H26F2N2/c1-4-17(3)6-8-21(9-7-17)16-14(18)10-13(11-15(16)19)12-20-5-2/h10-11,20H,4-9,12H2,1-3H3. The van der Waals surface area contributed by atoms with Gasteiger partial charge in [0.25, 0.3) is 0 Å². The monoisotopic (exact) mass is 296 g/mol. The van der Waals surface area contributed by atoms with E-state index in [2.05, 4.69) is 19.2 Å². The van der Waals surface area contributed by atoms with E-state index >= 15 is 0 Å². The van der Waals surface area contributed by atoms with Crippen LogP contribution in [0.3, 0.4) is 0 Å². The second-order valence-corrected chi connectivity index (χ2v) is 6.34. The van der Waals surface area contributed by atoms with Crippen LogP contribution in [0.25, 0.3) is 0 Å². The molecule has 0 bridgehead atoms. The van der Waals surface area contributed by atoms with E-state index in [1.54, 1.807) is 0 Å². The fourth-order valence-electron chi connectivity index (χ4n) is 2.92. The molecule has 2 rings (SSSR count). The van der Waals surface area contributed by atoms with Crippen molar-refractivity contribution in [1.82, 2.24) is 5.32 Å². The van der Waals surface area contributed by atoms with Crippen molar-refractivity contribution in [2.75, 3.05) is 24.5 Å². The second kappa shape index (κ2) is 6.73. The van der Waals surface area contributed by atoms with Crippen molar-refractivity contribution >= 4 is 5.69 Å². The van der Waals surface area contributed by atoms with Crippen LogP contribution in [-0.2, 0) is 6.54 Å². The molecule has 0 saturated carbocycles. The molecule has 1 aromatic carbocycles. The van der Waals surface area contributed by atoms with Gasteiger partial charge in [-0.2, -0.15) is 0 Å². The van der Waals surface area contributed by atoms with Gasteiger partial charge in [0.1, 0.15) is 17.3 Å². The van der Waals surface area contributed by atoms with Crippen LogP contribution in [0.5, 0.6) is 0 Å². The summed E-state index contributed by atoms with van der Waals surface area (Å²) in [6.07, 6.45) is 3.09. The van der Waals surface area contributed by atoms with Crippen molar-refractivity contribution in [2.24, 2.45) is 5.41 Å². The first-order valence-electron chi connectivity index (χ1n) is 7.92. The van der Waals surface area contributed by atoms with Crippen LogP contribution in [0.1, 0.15) is 45.6 Å². The molecular weight excluding hydrogens is 270 g/mol. The molecular formula is C17H26F2N2. The van der Waals surface area contributed by atoms with Crippen LogP contribution < -0.4 is 10.2 Å². The third kappa shape index (κ3) is 3.73. The van der Waals surface area contributed by atoms with E-state index < -0.39 is 11.6 Å². The van der Waals surface area contributed by atoms with Gasteiger partial charge in [0, 0.05) is 19.6 Å². The number of nitrogens with one attached hydrogen (secondary N) is 1. The van der Waals surface area contributed by atoms with E-state index in [0.717, 1.165) is 38.9 Å².